The Hall–Kier alpha value is -3.61. The lowest BCUT2D eigenvalue weighted by molar-refractivity contribution is -0.119. The number of aryl methyl sites for hydroxylation is 2. The lowest BCUT2D eigenvalue weighted by atomic mass is 10.1. The summed E-state index contributed by atoms with van der Waals surface area (Å²) in [7, 11) is 0. The predicted molar refractivity (Wildman–Crippen MR) is 108 cm³/mol. The van der Waals surface area contributed by atoms with Crippen LogP contribution in [0.25, 0.3) is 5.69 Å². The van der Waals surface area contributed by atoms with Crippen molar-refractivity contribution >= 4 is 23.3 Å². The summed E-state index contributed by atoms with van der Waals surface area (Å²) in [6.45, 7) is 5.06. The number of benzene rings is 2. The quantitative estimate of drug-likeness (QED) is 0.525. The number of hydrogen-bond acceptors (Lipinski definition) is 5. The van der Waals surface area contributed by atoms with Gasteiger partial charge in [0.15, 0.2) is 6.61 Å². The largest absolute Gasteiger partial charge is 0.452 e. The average Bonchev–Trinajstić information content (AvgIpc) is 2.97. The lowest BCUT2D eigenvalue weighted by Gasteiger charge is -2.10. The first-order chi connectivity index (χ1) is 13.4. The van der Waals surface area contributed by atoms with Crippen molar-refractivity contribution in [2.45, 2.75) is 20.8 Å². The highest BCUT2D eigenvalue weighted by Gasteiger charge is 2.18. The van der Waals surface area contributed by atoms with Crippen molar-refractivity contribution < 1.29 is 14.3 Å². The molecule has 0 saturated heterocycles. The molecule has 3 rings (SSSR count). The molecule has 144 valence electrons. The standard InChI is InChI=1S/C21H22N4O3/c1-13-8-7-11-17(19(13)22)21(27)28-12-18(26)23-20-14(2)24-25(15(20)3)16-9-5-4-6-10-16/h4-11H,12,22H2,1-3H3,(H,23,26). The van der Waals surface area contributed by atoms with E-state index in [9.17, 15) is 9.59 Å². The Morgan fingerprint density at radius 2 is 1.79 bits per heavy atom. The Labute approximate surface area is 163 Å². The molecule has 1 heterocycles. The van der Waals surface area contributed by atoms with Gasteiger partial charge in [-0.15, -0.1) is 0 Å². The van der Waals surface area contributed by atoms with E-state index in [1.165, 1.54) is 0 Å². The first-order valence-electron chi connectivity index (χ1n) is 8.82. The molecular weight excluding hydrogens is 356 g/mol. The molecule has 0 radical (unpaired) electrons. The van der Waals surface area contributed by atoms with E-state index in [0.29, 0.717) is 17.1 Å². The van der Waals surface area contributed by atoms with Crippen LogP contribution < -0.4 is 11.1 Å². The third kappa shape index (κ3) is 3.88. The van der Waals surface area contributed by atoms with Crippen LogP contribution >= 0.6 is 0 Å². The lowest BCUT2D eigenvalue weighted by Crippen LogP contribution is -2.22. The number of esters is 1. The van der Waals surface area contributed by atoms with Gasteiger partial charge in [0.25, 0.3) is 5.91 Å². The summed E-state index contributed by atoms with van der Waals surface area (Å²) in [6.07, 6.45) is 0. The van der Waals surface area contributed by atoms with Crippen LogP contribution in [0.5, 0.6) is 0 Å². The van der Waals surface area contributed by atoms with Crippen LogP contribution in [-0.2, 0) is 9.53 Å². The highest BCUT2D eigenvalue weighted by molar-refractivity contribution is 5.99. The Morgan fingerprint density at radius 1 is 1.07 bits per heavy atom. The number of hydrogen-bond donors (Lipinski definition) is 2. The molecule has 1 aromatic heterocycles. The van der Waals surface area contributed by atoms with Crippen LogP contribution in [0.4, 0.5) is 11.4 Å². The van der Waals surface area contributed by atoms with Gasteiger partial charge in [0.2, 0.25) is 0 Å². The van der Waals surface area contributed by atoms with E-state index >= 15 is 0 Å². The van der Waals surface area contributed by atoms with E-state index in [4.69, 9.17) is 10.5 Å². The number of amides is 1. The minimum Gasteiger partial charge on any atom is -0.452 e. The highest BCUT2D eigenvalue weighted by Crippen LogP contribution is 2.23. The van der Waals surface area contributed by atoms with Crippen molar-refractivity contribution in [3.63, 3.8) is 0 Å². The summed E-state index contributed by atoms with van der Waals surface area (Å²) < 4.78 is 6.87. The van der Waals surface area contributed by atoms with Crippen molar-refractivity contribution in [3.8, 4) is 5.69 Å². The van der Waals surface area contributed by atoms with Gasteiger partial charge >= 0.3 is 5.97 Å². The second kappa shape index (κ2) is 7.96. The minimum absolute atomic E-state index is 0.247. The number of rotatable bonds is 5. The van der Waals surface area contributed by atoms with E-state index in [2.05, 4.69) is 10.4 Å². The van der Waals surface area contributed by atoms with Gasteiger partial charge in [-0.25, -0.2) is 9.48 Å². The number of ether oxygens (including phenoxy) is 1. The molecule has 0 unspecified atom stereocenters. The highest BCUT2D eigenvalue weighted by atomic mass is 16.5. The molecule has 7 heteroatoms. The van der Waals surface area contributed by atoms with Crippen LogP contribution in [0.15, 0.2) is 48.5 Å². The van der Waals surface area contributed by atoms with Crippen LogP contribution in [-0.4, -0.2) is 28.3 Å². The van der Waals surface area contributed by atoms with Crippen LogP contribution in [0.3, 0.4) is 0 Å². The van der Waals surface area contributed by atoms with E-state index in [0.717, 1.165) is 16.9 Å². The fourth-order valence-corrected chi connectivity index (χ4v) is 2.89. The Kier molecular flexibility index (Phi) is 5.44. The molecule has 0 atom stereocenters. The van der Waals surface area contributed by atoms with Gasteiger partial charge in [-0.3, -0.25) is 4.79 Å². The molecule has 0 fully saturated rings. The molecule has 1 amide bonds. The summed E-state index contributed by atoms with van der Waals surface area (Å²) in [5.74, 6) is -1.08. The zero-order valence-corrected chi connectivity index (χ0v) is 16.0. The summed E-state index contributed by atoms with van der Waals surface area (Å²) in [4.78, 5) is 24.5. The smallest absolute Gasteiger partial charge is 0.340 e. The summed E-state index contributed by atoms with van der Waals surface area (Å²) in [5, 5.41) is 7.25. The molecule has 3 N–H and O–H groups in total. The number of nitrogens with two attached hydrogens (primary N) is 1. The van der Waals surface area contributed by atoms with Crippen LogP contribution in [0, 0.1) is 20.8 Å². The fraction of sp³-hybridized carbons (Fsp3) is 0.190. The Bertz CT molecular complexity index is 1030. The topological polar surface area (TPSA) is 99.2 Å². The molecule has 0 aliphatic carbocycles. The summed E-state index contributed by atoms with van der Waals surface area (Å²) in [6, 6.07) is 14.7. The van der Waals surface area contributed by atoms with Gasteiger partial charge in [0.05, 0.1) is 28.3 Å². The summed E-state index contributed by atoms with van der Waals surface area (Å²) in [5.41, 5.74) is 10.2. The minimum atomic E-state index is -0.634. The Balaban J connectivity index is 1.68. The molecule has 7 nitrogen and oxygen atoms in total. The first kappa shape index (κ1) is 19.2. The maximum Gasteiger partial charge on any atom is 0.340 e. The number of nitrogen functional groups attached to an aromatic ring is 1. The Morgan fingerprint density at radius 3 is 2.50 bits per heavy atom. The SMILES string of the molecule is Cc1cccc(C(=O)OCC(=O)Nc2c(C)nn(-c3ccccc3)c2C)c1N. The number of nitrogens with one attached hydrogen (secondary N) is 1. The maximum atomic E-state index is 12.3. The third-order valence-corrected chi connectivity index (χ3v) is 4.43. The van der Waals surface area contributed by atoms with Gasteiger partial charge in [-0.2, -0.15) is 5.10 Å². The molecule has 0 aliphatic heterocycles. The number of carbonyl (C=O) groups is 2. The number of carbonyl (C=O) groups excluding carboxylic acids is 2. The van der Waals surface area contributed by atoms with Crippen LogP contribution in [0.2, 0.25) is 0 Å². The zero-order chi connectivity index (χ0) is 20.3. The first-order valence-corrected chi connectivity index (χ1v) is 8.82. The summed E-state index contributed by atoms with van der Waals surface area (Å²) >= 11 is 0. The van der Waals surface area contributed by atoms with Gasteiger partial charge in [0, 0.05) is 5.69 Å². The second-order valence-electron chi connectivity index (χ2n) is 6.45. The zero-order valence-electron chi connectivity index (χ0n) is 16.0. The molecule has 2 aromatic carbocycles. The van der Waals surface area contributed by atoms with Crippen molar-refractivity contribution in [2.75, 3.05) is 17.7 Å². The van der Waals surface area contributed by atoms with Crippen molar-refractivity contribution in [2.24, 2.45) is 0 Å². The molecule has 3 aromatic rings. The maximum absolute atomic E-state index is 12.3. The van der Waals surface area contributed by atoms with E-state index < -0.39 is 18.5 Å². The van der Waals surface area contributed by atoms with E-state index in [1.54, 1.807) is 29.8 Å². The van der Waals surface area contributed by atoms with Crippen molar-refractivity contribution in [3.05, 3.63) is 71.0 Å². The number of nitrogens with zero attached hydrogens (tertiary/aromatic N) is 2. The van der Waals surface area contributed by atoms with Crippen molar-refractivity contribution in [1.82, 2.24) is 9.78 Å². The van der Waals surface area contributed by atoms with E-state index in [1.807, 2.05) is 44.2 Å². The second-order valence-corrected chi connectivity index (χ2v) is 6.45. The van der Waals surface area contributed by atoms with Crippen LogP contribution in [0.1, 0.15) is 27.3 Å². The molecule has 0 aliphatic rings. The van der Waals surface area contributed by atoms with Crippen molar-refractivity contribution in [1.29, 1.82) is 0 Å². The predicted octanol–water partition coefficient (Wildman–Crippen LogP) is 3.18. The number of aromatic nitrogens is 2. The average molecular weight is 378 g/mol. The molecule has 28 heavy (non-hydrogen) atoms. The fourth-order valence-electron chi connectivity index (χ4n) is 2.89. The molecule has 0 saturated carbocycles. The van der Waals surface area contributed by atoms with Gasteiger partial charge in [-0.1, -0.05) is 30.3 Å². The normalized spacial score (nSPS) is 10.5. The van der Waals surface area contributed by atoms with Gasteiger partial charge < -0.3 is 15.8 Å². The molecule has 0 spiro atoms. The van der Waals surface area contributed by atoms with Gasteiger partial charge in [0.1, 0.15) is 0 Å². The number of anilines is 2. The monoisotopic (exact) mass is 378 g/mol. The molecular formula is C21H22N4O3. The number of para-hydroxylation sites is 2. The third-order valence-electron chi connectivity index (χ3n) is 4.43. The van der Waals surface area contributed by atoms with Gasteiger partial charge in [-0.05, 0) is 44.5 Å². The van der Waals surface area contributed by atoms with E-state index in [-0.39, 0.29) is 5.56 Å². The molecule has 0 bridgehead atoms.